The van der Waals surface area contributed by atoms with E-state index in [2.05, 4.69) is 50.8 Å². The third-order valence-electron chi connectivity index (χ3n) is 5.89. The predicted octanol–water partition coefficient (Wildman–Crippen LogP) is 3.70. The van der Waals surface area contributed by atoms with E-state index in [-0.39, 0.29) is 5.91 Å². The largest absolute Gasteiger partial charge is 0.378 e. The molecule has 1 fully saturated rings. The lowest BCUT2D eigenvalue weighted by Gasteiger charge is -2.36. The van der Waals surface area contributed by atoms with Crippen molar-refractivity contribution >= 4 is 11.7 Å². The number of aryl methyl sites for hydroxylation is 2. The lowest BCUT2D eigenvalue weighted by molar-refractivity contribution is -0.129. The van der Waals surface area contributed by atoms with Gasteiger partial charge in [0.2, 0.25) is 5.91 Å². The highest BCUT2D eigenvalue weighted by molar-refractivity contribution is 5.73. The van der Waals surface area contributed by atoms with E-state index in [4.69, 9.17) is 14.7 Å². The van der Waals surface area contributed by atoms with Gasteiger partial charge in [-0.3, -0.25) is 4.79 Å². The van der Waals surface area contributed by atoms with Gasteiger partial charge in [-0.15, -0.1) is 0 Å². The molecule has 0 aliphatic carbocycles. The van der Waals surface area contributed by atoms with Crippen LogP contribution in [0.4, 0.5) is 5.82 Å². The first-order valence-electron chi connectivity index (χ1n) is 11.2. The number of anilines is 1. The Balaban J connectivity index is 2.05. The maximum absolute atomic E-state index is 11.8. The van der Waals surface area contributed by atoms with Crippen LogP contribution in [-0.4, -0.2) is 54.1 Å². The van der Waals surface area contributed by atoms with E-state index >= 15 is 0 Å². The Labute approximate surface area is 186 Å². The summed E-state index contributed by atoms with van der Waals surface area (Å²) in [5, 5.41) is 0. The van der Waals surface area contributed by atoms with Gasteiger partial charge in [0, 0.05) is 58.6 Å². The molecular weight excluding hydrogens is 388 g/mol. The van der Waals surface area contributed by atoms with Crippen molar-refractivity contribution in [2.45, 2.75) is 54.1 Å². The molecule has 0 radical (unpaired) electrons. The first-order valence-corrected chi connectivity index (χ1v) is 11.2. The molecular formula is C25H36N4O2. The molecule has 6 heteroatoms. The van der Waals surface area contributed by atoms with Crippen LogP contribution in [0.3, 0.4) is 0 Å². The van der Waals surface area contributed by atoms with Gasteiger partial charge in [-0.1, -0.05) is 37.6 Å². The molecule has 0 N–H and O–H groups in total. The van der Waals surface area contributed by atoms with Crippen LogP contribution in [0.15, 0.2) is 18.2 Å². The molecule has 1 amide bonds. The number of methoxy groups -OCH3 is 1. The van der Waals surface area contributed by atoms with Crippen LogP contribution >= 0.6 is 0 Å². The van der Waals surface area contributed by atoms with Gasteiger partial charge >= 0.3 is 0 Å². The van der Waals surface area contributed by atoms with E-state index < -0.39 is 0 Å². The summed E-state index contributed by atoms with van der Waals surface area (Å²) in [6.45, 7) is 13.8. The minimum absolute atomic E-state index is 0.138. The Kier molecular flexibility index (Phi) is 7.65. The van der Waals surface area contributed by atoms with Crippen molar-refractivity contribution in [2.75, 3.05) is 38.2 Å². The number of nitrogens with zero attached hydrogens (tertiary/aromatic N) is 4. The number of carbonyl (C=O) groups is 1. The number of ether oxygens (including phenoxy) is 1. The summed E-state index contributed by atoms with van der Waals surface area (Å²) < 4.78 is 5.55. The van der Waals surface area contributed by atoms with Crippen molar-refractivity contribution in [3.05, 3.63) is 52.0 Å². The molecule has 0 bridgehead atoms. The van der Waals surface area contributed by atoms with Crippen LogP contribution in [-0.2, 0) is 29.0 Å². The number of amides is 1. The third-order valence-corrected chi connectivity index (χ3v) is 5.89. The normalized spacial score (nSPS) is 14.4. The highest BCUT2D eigenvalue weighted by atomic mass is 16.5. The van der Waals surface area contributed by atoms with Crippen LogP contribution in [0.5, 0.6) is 0 Å². The third kappa shape index (κ3) is 5.82. The number of aromatic nitrogens is 2. The topological polar surface area (TPSA) is 58.6 Å². The summed E-state index contributed by atoms with van der Waals surface area (Å²) in [6, 6.07) is 6.59. The van der Waals surface area contributed by atoms with E-state index in [9.17, 15) is 4.79 Å². The quantitative estimate of drug-likeness (QED) is 0.678. The van der Waals surface area contributed by atoms with Crippen LogP contribution in [0.1, 0.15) is 54.5 Å². The van der Waals surface area contributed by atoms with E-state index in [1.807, 2.05) is 4.90 Å². The standard InChI is InChI=1S/C25H36N4O2/c1-17(2)13-24-26-23(16-31-6)22(15-21-14-18(3)7-8-19(21)4)25(27-24)29-11-9-28(10-12-29)20(5)30/h7-8,14,17H,9-13,15-16H2,1-6H3. The summed E-state index contributed by atoms with van der Waals surface area (Å²) in [5.41, 5.74) is 5.93. The minimum Gasteiger partial charge on any atom is -0.378 e. The minimum atomic E-state index is 0.138. The molecule has 3 rings (SSSR count). The molecule has 0 atom stereocenters. The first-order chi connectivity index (χ1) is 14.8. The average Bonchev–Trinajstić information content (AvgIpc) is 2.72. The molecule has 0 unspecified atom stereocenters. The van der Waals surface area contributed by atoms with Crippen molar-refractivity contribution in [1.29, 1.82) is 0 Å². The summed E-state index contributed by atoms with van der Waals surface area (Å²) in [4.78, 5) is 26.0. The zero-order chi connectivity index (χ0) is 22.5. The molecule has 2 aromatic rings. The number of rotatable bonds is 7. The number of hydrogen-bond acceptors (Lipinski definition) is 5. The molecule has 1 saturated heterocycles. The highest BCUT2D eigenvalue weighted by Crippen LogP contribution is 2.28. The summed E-state index contributed by atoms with van der Waals surface area (Å²) in [7, 11) is 1.72. The van der Waals surface area contributed by atoms with Crippen LogP contribution in [0, 0.1) is 19.8 Å². The van der Waals surface area contributed by atoms with E-state index in [0.29, 0.717) is 12.5 Å². The number of piperazine rings is 1. The van der Waals surface area contributed by atoms with Crippen LogP contribution in [0.25, 0.3) is 0 Å². The molecule has 1 aliphatic rings. The fourth-order valence-corrected chi connectivity index (χ4v) is 4.14. The lowest BCUT2D eigenvalue weighted by atomic mass is 9.97. The van der Waals surface area contributed by atoms with Gasteiger partial charge in [0.15, 0.2) is 0 Å². The van der Waals surface area contributed by atoms with Gasteiger partial charge in [-0.05, 0) is 30.9 Å². The number of hydrogen-bond donors (Lipinski definition) is 0. The second-order valence-corrected chi connectivity index (χ2v) is 9.02. The van der Waals surface area contributed by atoms with Gasteiger partial charge in [0.1, 0.15) is 11.6 Å². The smallest absolute Gasteiger partial charge is 0.219 e. The predicted molar refractivity (Wildman–Crippen MR) is 124 cm³/mol. The van der Waals surface area contributed by atoms with Gasteiger partial charge in [-0.25, -0.2) is 9.97 Å². The Morgan fingerprint density at radius 2 is 1.84 bits per heavy atom. The molecule has 2 heterocycles. The van der Waals surface area contributed by atoms with Crippen molar-refractivity contribution in [1.82, 2.24) is 14.9 Å². The Morgan fingerprint density at radius 3 is 2.45 bits per heavy atom. The highest BCUT2D eigenvalue weighted by Gasteiger charge is 2.25. The van der Waals surface area contributed by atoms with Gasteiger partial charge < -0.3 is 14.5 Å². The van der Waals surface area contributed by atoms with Crippen molar-refractivity contribution < 1.29 is 9.53 Å². The molecule has 168 valence electrons. The van der Waals surface area contributed by atoms with E-state index in [1.165, 1.54) is 16.7 Å². The molecule has 1 aromatic heterocycles. The monoisotopic (exact) mass is 424 g/mol. The first kappa shape index (κ1) is 23.2. The molecule has 1 aliphatic heterocycles. The average molecular weight is 425 g/mol. The summed E-state index contributed by atoms with van der Waals surface area (Å²) >= 11 is 0. The SMILES string of the molecule is COCc1nc(CC(C)C)nc(N2CCN(C(C)=O)CC2)c1Cc1cc(C)ccc1C. The number of benzene rings is 1. The van der Waals surface area contributed by atoms with Gasteiger partial charge in [0.05, 0.1) is 12.3 Å². The second-order valence-electron chi connectivity index (χ2n) is 9.02. The maximum Gasteiger partial charge on any atom is 0.219 e. The molecule has 6 nitrogen and oxygen atoms in total. The van der Waals surface area contributed by atoms with Crippen LogP contribution < -0.4 is 4.90 Å². The molecule has 1 aromatic carbocycles. The molecule has 31 heavy (non-hydrogen) atoms. The van der Waals surface area contributed by atoms with Gasteiger partial charge in [-0.2, -0.15) is 0 Å². The second kappa shape index (κ2) is 10.2. The summed E-state index contributed by atoms with van der Waals surface area (Å²) in [6.07, 6.45) is 1.61. The molecule has 0 saturated carbocycles. The van der Waals surface area contributed by atoms with E-state index in [1.54, 1.807) is 14.0 Å². The Bertz CT molecular complexity index is 918. The zero-order valence-corrected chi connectivity index (χ0v) is 19.9. The lowest BCUT2D eigenvalue weighted by Crippen LogP contribution is -2.48. The zero-order valence-electron chi connectivity index (χ0n) is 19.9. The van der Waals surface area contributed by atoms with Gasteiger partial charge in [0.25, 0.3) is 0 Å². The fraction of sp³-hybridized carbons (Fsp3) is 0.560. The van der Waals surface area contributed by atoms with Crippen molar-refractivity contribution in [2.24, 2.45) is 5.92 Å². The Hall–Kier alpha value is -2.47. The van der Waals surface area contributed by atoms with Crippen molar-refractivity contribution in [3.63, 3.8) is 0 Å². The Morgan fingerprint density at radius 1 is 1.13 bits per heavy atom. The van der Waals surface area contributed by atoms with Crippen molar-refractivity contribution in [3.8, 4) is 0 Å². The van der Waals surface area contributed by atoms with E-state index in [0.717, 1.165) is 61.9 Å². The maximum atomic E-state index is 11.8. The fourth-order valence-electron chi connectivity index (χ4n) is 4.14. The van der Waals surface area contributed by atoms with Crippen LogP contribution in [0.2, 0.25) is 0 Å². The summed E-state index contributed by atoms with van der Waals surface area (Å²) in [5.74, 6) is 2.48. The number of carbonyl (C=O) groups excluding carboxylic acids is 1. The molecule has 0 spiro atoms.